The van der Waals surface area contributed by atoms with Gasteiger partial charge in [0.1, 0.15) is 12.3 Å². The summed E-state index contributed by atoms with van der Waals surface area (Å²) in [5.74, 6) is -1.10. The average molecular weight is 520 g/mol. The van der Waals surface area contributed by atoms with Crippen molar-refractivity contribution >= 4 is 29.2 Å². The van der Waals surface area contributed by atoms with E-state index in [9.17, 15) is 19.7 Å². The largest absolute Gasteiger partial charge is 0.484 e. The van der Waals surface area contributed by atoms with Gasteiger partial charge in [-0.1, -0.05) is 49.7 Å². The fraction of sp³-hybridized carbons (Fsp3) is 0.409. The monoisotopic (exact) mass is 519 g/mol. The molecule has 2 aromatic heterocycles. The van der Waals surface area contributed by atoms with Crippen LogP contribution in [0.2, 0.25) is 5.02 Å². The summed E-state index contributed by atoms with van der Waals surface area (Å²) >= 11 is 5.90. The molecular formula is C22H26ClN7O6. The summed E-state index contributed by atoms with van der Waals surface area (Å²) in [5.41, 5.74) is 1.54. The highest BCUT2D eigenvalue weighted by molar-refractivity contribution is 6.33. The Balaban J connectivity index is 1.40. The second kappa shape index (κ2) is 11.2. The molecule has 0 bridgehead atoms. The lowest BCUT2D eigenvalue weighted by atomic mass is 9.87. The van der Waals surface area contributed by atoms with Gasteiger partial charge in [0.25, 0.3) is 5.91 Å². The molecule has 0 saturated heterocycles. The van der Waals surface area contributed by atoms with Gasteiger partial charge >= 0.3 is 17.6 Å². The summed E-state index contributed by atoms with van der Waals surface area (Å²) in [5, 5.41) is 23.5. The predicted molar refractivity (Wildman–Crippen MR) is 128 cm³/mol. The Morgan fingerprint density at radius 2 is 1.86 bits per heavy atom. The summed E-state index contributed by atoms with van der Waals surface area (Å²) in [6, 6.07) is 7.55. The zero-order valence-corrected chi connectivity index (χ0v) is 21.0. The van der Waals surface area contributed by atoms with Crippen LogP contribution in [0.3, 0.4) is 0 Å². The number of nitrogens with zero attached hydrogens (tertiary/aromatic N) is 5. The normalized spacial score (nSPS) is 11.2. The lowest BCUT2D eigenvalue weighted by molar-refractivity contribution is -0.389. The van der Waals surface area contributed by atoms with Crippen LogP contribution in [-0.4, -0.2) is 56.4 Å². The first-order valence-corrected chi connectivity index (χ1v) is 11.3. The number of rotatable bonds is 10. The highest BCUT2D eigenvalue weighted by Crippen LogP contribution is 2.26. The minimum atomic E-state index is -0.698. The van der Waals surface area contributed by atoms with Crippen molar-refractivity contribution in [1.82, 2.24) is 30.6 Å². The minimum Gasteiger partial charge on any atom is -0.484 e. The van der Waals surface area contributed by atoms with Crippen molar-refractivity contribution in [3.05, 3.63) is 62.4 Å². The van der Waals surface area contributed by atoms with E-state index in [-0.39, 0.29) is 54.3 Å². The molecular weight excluding hydrogens is 494 g/mol. The van der Waals surface area contributed by atoms with Gasteiger partial charge in [0.15, 0.2) is 17.5 Å². The van der Waals surface area contributed by atoms with Crippen LogP contribution in [-0.2, 0) is 16.8 Å². The second-order valence-electron chi connectivity index (χ2n) is 8.82. The molecule has 3 aromatic rings. The molecule has 0 unspecified atom stereocenters. The van der Waals surface area contributed by atoms with Crippen molar-refractivity contribution < 1.29 is 23.8 Å². The van der Waals surface area contributed by atoms with Crippen LogP contribution in [0.15, 0.2) is 28.8 Å². The summed E-state index contributed by atoms with van der Waals surface area (Å²) in [4.78, 5) is 38.4. The number of amides is 2. The molecule has 0 spiro atoms. The molecule has 2 N–H and O–H groups in total. The smallest absolute Gasteiger partial charge is 0.408 e. The minimum absolute atomic E-state index is 0.0272. The Bertz CT molecular complexity index is 1250. The van der Waals surface area contributed by atoms with E-state index in [0.717, 1.165) is 5.56 Å². The lowest BCUT2D eigenvalue weighted by Gasteiger charge is -2.19. The zero-order valence-electron chi connectivity index (χ0n) is 20.2. The van der Waals surface area contributed by atoms with Crippen LogP contribution in [0.1, 0.15) is 48.5 Å². The third-order valence-corrected chi connectivity index (χ3v) is 5.51. The van der Waals surface area contributed by atoms with Gasteiger partial charge in [-0.15, -0.1) is 0 Å². The van der Waals surface area contributed by atoms with E-state index < -0.39 is 16.6 Å². The van der Waals surface area contributed by atoms with Gasteiger partial charge in [-0.05, 0) is 35.0 Å². The van der Waals surface area contributed by atoms with E-state index in [4.69, 9.17) is 20.9 Å². The Morgan fingerprint density at radius 3 is 2.47 bits per heavy atom. The van der Waals surface area contributed by atoms with Gasteiger partial charge in [0.05, 0.1) is 10.8 Å². The standard InChI is InChI=1S/C22H26ClN7O6/c1-13-18(23)19(30(33)34)27-29(13)11-16-26-21(36-28-16)20(32)25-10-9-24-17(31)12-35-15-7-5-14(6-8-15)22(2,3)4/h5-8H,9-12H2,1-4H3,(H,24,31)(H,25,32). The van der Waals surface area contributed by atoms with Crippen LogP contribution in [0.5, 0.6) is 5.75 Å². The van der Waals surface area contributed by atoms with Crippen LogP contribution in [0, 0.1) is 17.0 Å². The first-order chi connectivity index (χ1) is 17.0. The third-order valence-electron chi connectivity index (χ3n) is 5.07. The predicted octanol–water partition coefficient (Wildman–Crippen LogP) is 2.41. The summed E-state index contributed by atoms with van der Waals surface area (Å²) in [6.45, 7) is 7.92. The second-order valence-corrected chi connectivity index (χ2v) is 9.20. The molecule has 13 nitrogen and oxygen atoms in total. The molecule has 2 heterocycles. The summed E-state index contributed by atoms with van der Waals surface area (Å²) in [7, 11) is 0. The van der Waals surface area contributed by atoms with Gasteiger partial charge < -0.3 is 30.0 Å². The van der Waals surface area contributed by atoms with Crippen molar-refractivity contribution in [2.75, 3.05) is 19.7 Å². The Hall–Kier alpha value is -4.00. The molecule has 36 heavy (non-hydrogen) atoms. The van der Waals surface area contributed by atoms with Crippen molar-refractivity contribution in [3.63, 3.8) is 0 Å². The molecule has 0 saturated carbocycles. The molecule has 192 valence electrons. The number of benzene rings is 1. The van der Waals surface area contributed by atoms with Gasteiger partial charge in [-0.3, -0.25) is 9.59 Å². The number of ether oxygens (including phenoxy) is 1. The van der Waals surface area contributed by atoms with E-state index >= 15 is 0 Å². The Morgan fingerprint density at radius 1 is 1.19 bits per heavy atom. The maximum atomic E-state index is 12.2. The van der Waals surface area contributed by atoms with Gasteiger partial charge in [-0.2, -0.15) is 9.67 Å². The van der Waals surface area contributed by atoms with E-state index in [1.165, 1.54) is 4.68 Å². The van der Waals surface area contributed by atoms with E-state index in [2.05, 4.69) is 46.6 Å². The quantitative estimate of drug-likeness (QED) is 0.232. The van der Waals surface area contributed by atoms with Crippen LogP contribution < -0.4 is 15.4 Å². The van der Waals surface area contributed by atoms with E-state index in [1.54, 1.807) is 6.92 Å². The van der Waals surface area contributed by atoms with Crippen LogP contribution in [0.4, 0.5) is 5.82 Å². The first kappa shape index (κ1) is 26.6. The lowest BCUT2D eigenvalue weighted by Crippen LogP contribution is -2.36. The van der Waals surface area contributed by atoms with E-state index in [1.807, 2.05) is 24.3 Å². The number of carbonyl (C=O) groups is 2. The highest BCUT2D eigenvalue weighted by atomic mass is 35.5. The molecule has 0 aliphatic carbocycles. The molecule has 14 heteroatoms. The Kier molecular flexibility index (Phi) is 8.25. The maximum Gasteiger partial charge on any atom is 0.408 e. The van der Waals surface area contributed by atoms with Crippen LogP contribution in [0.25, 0.3) is 0 Å². The van der Waals surface area contributed by atoms with Crippen LogP contribution >= 0.6 is 11.6 Å². The highest BCUT2D eigenvalue weighted by Gasteiger charge is 2.25. The number of nitro groups is 1. The molecule has 0 aliphatic rings. The number of hydrogen-bond acceptors (Lipinski definition) is 9. The average Bonchev–Trinajstić information content (AvgIpc) is 3.40. The van der Waals surface area contributed by atoms with Crippen molar-refractivity contribution in [3.8, 4) is 5.75 Å². The summed E-state index contributed by atoms with van der Waals surface area (Å²) in [6.07, 6.45) is 0. The summed E-state index contributed by atoms with van der Waals surface area (Å²) < 4.78 is 11.6. The van der Waals surface area contributed by atoms with E-state index in [0.29, 0.717) is 11.4 Å². The van der Waals surface area contributed by atoms with Crippen molar-refractivity contribution in [2.24, 2.45) is 0 Å². The molecule has 2 amide bonds. The number of nitrogens with one attached hydrogen (secondary N) is 2. The van der Waals surface area contributed by atoms with Crippen molar-refractivity contribution in [2.45, 2.75) is 39.7 Å². The molecule has 0 fully saturated rings. The number of carbonyl (C=O) groups excluding carboxylic acids is 2. The zero-order chi connectivity index (χ0) is 26.5. The number of aromatic nitrogens is 4. The SMILES string of the molecule is Cc1c(Cl)c([N+](=O)[O-])nn1Cc1noc(C(=O)NCCNC(=O)COc2ccc(C(C)(C)C)cc2)n1. The first-order valence-electron chi connectivity index (χ1n) is 10.9. The number of halogens is 1. The van der Waals surface area contributed by atoms with Crippen molar-refractivity contribution in [1.29, 1.82) is 0 Å². The Labute approximate surface area is 211 Å². The molecule has 0 radical (unpaired) electrons. The number of hydrogen-bond donors (Lipinski definition) is 2. The fourth-order valence-electron chi connectivity index (χ4n) is 3.03. The maximum absolute atomic E-state index is 12.2. The van der Waals surface area contributed by atoms with Gasteiger partial charge in [-0.25, -0.2) is 0 Å². The van der Waals surface area contributed by atoms with Gasteiger partial charge in [0, 0.05) is 13.1 Å². The molecule has 3 rings (SSSR count). The molecule has 1 aromatic carbocycles. The topological polar surface area (TPSA) is 167 Å². The fourth-order valence-corrected chi connectivity index (χ4v) is 3.23. The van der Waals surface area contributed by atoms with Gasteiger partial charge in [0.2, 0.25) is 0 Å². The third kappa shape index (κ3) is 6.78. The molecule has 0 atom stereocenters. The molecule has 0 aliphatic heterocycles.